The molecular formula is C16H18ClN3O. The predicted molar refractivity (Wildman–Crippen MR) is 86.5 cm³/mol. The number of carbonyl (C=O) groups is 1. The fourth-order valence-corrected chi connectivity index (χ4v) is 2.05. The number of hydrogen-bond donors (Lipinski definition) is 2. The van der Waals surface area contributed by atoms with Crippen LogP contribution in [0.1, 0.15) is 25.0 Å². The molecule has 0 radical (unpaired) electrons. The molecular weight excluding hydrogens is 286 g/mol. The zero-order valence-corrected chi connectivity index (χ0v) is 13.0. The minimum absolute atomic E-state index is 0.115. The van der Waals surface area contributed by atoms with Crippen LogP contribution < -0.4 is 11.1 Å². The molecule has 0 aliphatic heterocycles. The number of amides is 1. The number of halogens is 1. The lowest BCUT2D eigenvalue weighted by atomic mass is 9.83. The molecule has 0 bridgehead atoms. The second-order valence-electron chi connectivity index (χ2n) is 5.53. The SMILES string of the molecule is Cc1cc(NC(=O)C(C)(C)c2ccc(N)cc2)cnc1Cl. The number of aromatic nitrogens is 1. The summed E-state index contributed by atoms with van der Waals surface area (Å²) in [5.74, 6) is -0.115. The highest BCUT2D eigenvalue weighted by molar-refractivity contribution is 6.30. The summed E-state index contributed by atoms with van der Waals surface area (Å²) in [6.45, 7) is 5.57. The molecule has 0 aliphatic rings. The van der Waals surface area contributed by atoms with Crippen molar-refractivity contribution in [2.75, 3.05) is 11.1 Å². The number of nitrogens with zero attached hydrogens (tertiary/aromatic N) is 1. The van der Waals surface area contributed by atoms with Crippen LogP contribution in [0.25, 0.3) is 0 Å². The molecule has 4 nitrogen and oxygen atoms in total. The molecule has 5 heteroatoms. The number of nitrogen functional groups attached to an aromatic ring is 1. The molecule has 2 aromatic rings. The van der Waals surface area contributed by atoms with Gasteiger partial charge in [0, 0.05) is 5.69 Å². The van der Waals surface area contributed by atoms with Gasteiger partial charge in [-0.2, -0.15) is 0 Å². The number of aryl methyl sites for hydroxylation is 1. The Balaban J connectivity index is 2.21. The fourth-order valence-electron chi connectivity index (χ4n) is 1.94. The van der Waals surface area contributed by atoms with Gasteiger partial charge in [-0.05, 0) is 50.1 Å². The molecule has 0 aliphatic carbocycles. The van der Waals surface area contributed by atoms with Crippen LogP contribution in [0.4, 0.5) is 11.4 Å². The van der Waals surface area contributed by atoms with Gasteiger partial charge in [-0.25, -0.2) is 4.98 Å². The minimum atomic E-state index is -0.679. The Hall–Kier alpha value is -2.07. The molecule has 0 atom stereocenters. The van der Waals surface area contributed by atoms with Gasteiger partial charge in [-0.3, -0.25) is 4.79 Å². The summed E-state index contributed by atoms with van der Waals surface area (Å²) in [7, 11) is 0. The zero-order valence-electron chi connectivity index (χ0n) is 12.3. The molecule has 2 rings (SSSR count). The Morgan fingerprint density at radius 3 is 2.48 bits per heavy atom. The number of nitrogens with one attached hydrogen (secondary N) is 1. The molecule has 21 heavy (non-hydrogen) atoms. The highest BCUT2D eigenvalue weighted by Gasteiger charge is 2.29. The minimum Gasteiger partial charge on any atom is -0.399 e. The first-order chi connectivity index (χ1) is 9.80. The predicted octanol–water partition coefficient (Wildman–Crippen LogP) is 3.54. The van der Waals surface area contributed by atoms with Crippen LogP contribution in [0.2, 0.25) is 5.15 Å². The summed E-state index contributed by atoms with van der Waals surface area (Å²) in [4.78, 5) is 16.5. The highest BCUT2D eigenvalue weighted by atomic mass is 35.5. The molecule has 3 N–H and O–H groups in total. The van der Waals surface area contributed by atoms with E-state index in [-0.39, 0.29) is 5.91 Å². The Morgan fingerprint density at radius 1 is 1.29 bits per heavy atom. The average Bonchev–Trinajstić information content (AvgIpc) is 2.43. The largest absolute Gasteiger partial charge is 0.399 e. The molecule has 110 valence electrons. The van der Waals surface area contributed by atoms with E-state index in [0.29, 0.717) is 16.5 Å². The first kappa shape index (κ1) is 15.3. The summed E-state index contributed by atoms with van der Waals surface area (Å²) < 4.78 is 0. The number of pyridine rings is 1. The summed E-state index contributed by atoms with van der Waals surface area (Å²) >= 11 is 5.88. The standard InChI is InChI=1S/C16H18ClN3O/c1-10-8-13(9-19-14(10)17)20-15(21)16(2,3)11-4-6-12(18)7-5-11/h4-9H,18H2,1-3H3,(H,20,21). The normalized spacial score (nSPS) is 11.2. The third kappa shape index (κ3) is 3.34. The van der Waals surface area contributed by atoms with Gasteiger partial charge in [0.05, 0.1) is 17.3 Å². The van der Waals surface area contributed by atoms with E-state index < -0.39 is 5.41 Å². The van der Waals surface area contributed by atoms with Crippen molar-refractivity contribution < 1.29 is 4.79 Å². The number of carbonyl (C=O) groups excluding carboxylic acids is 1. The lowest BCUT2D eigenvalue weighted by Gasteiger charge is -2.24. The van der Waals surface area contributed by atoms with Gasteiger partial charge in [0.2, 0.25) is 5.91 Å². The monoisotopic (exact) mass is 303 g/mol. The molecule has 0 saturated carbocycles. The van der Waals surface area contributed by atoms with E-state index in [1.54, 1.807) is 24.4 Å². The van der Waals surface area contributed by atoms with Gasteiger partial charge in [-0.15, -0.1) is 0 Å². The topological polar surface area (TPSA) is 68.0 Å². The second-order valence-corrected chi connectivity index (χ2v) is 5.89. The van der Waals surface area contributed by atoms with Gasteiger partial charge in [0.15, 0.2) is 0 Å². The quantitative estimate of drug-likeness (QED) is 0.673. The van der Waals surface area contributed by atoms with Crippen LogP contribution in [0, 0.1) is 6.92 Å². The Bertz CT molecular complexity index is 666. The first-order valence-corrected chi connectivity index (χ1v) is 6.98. The lowest BCUT2D eigenvalue weighted by Crippen LogP contribution is -2.34. The Kier molecular flexibility index (Phi) is 4.19. The maximum Gasteiger partial charge on any atom is 0.234 e. The number of benzene rings is 1. The van der Waals surface area contributed by atoms with Gasteiger partial charge in [-0.1, -0.05) is 23.7 Å². The fraction of sp³-hybridized carbons (Fsp3) is 0.250. The molecule has 1 aromatic heterocycles. The van der Waals surface area contributed by atoms with Crippen LogP contribution in [0.15, 0.2) is 36.5 Å². The molecule has 0 saturated heterocycles. The van der Waals surface area contributed by atoms with Crippen LogP contribution >= 0.6 is 11.6 Å². The molecule has 0 unspecified atom stereocenters. The highest BCUT2D eigenvalue weighted by Crippen LogP contribution is 2.26. The van der Waals surface area contributed by atoms with Gasteiger partial charge in [0.1, 0.15) is 5.15 Å². The lowest BCUT2D eigenvalue weighted by molar-refractivity contribution is -0.120. The Labute approximate surface area is 129 Å². The average molecular weight is 304 g/mol. The summed E-state index contributed by atoms with van der Waals surface area (Å²) in [5, 5.41) is 3.31. The van der Waals surface area contributed by atoms with Crippen molar-refractivity contribution in [3.63, 3.8) is 0 Å². The van der Waals surface area contributed by atoms with E-state index in [1.807, 2.05) is 32.9 Å². The summed E-state index contributed by atoms with van der Waals surface area (Å²) in [6.07, 6.45) is 1.55. The van der Waals surface area contributed by atoms with Crippen molar-refractivity contribution in [2.45, 2.75) is 26.2 Å². The molecule has 1 aromatic carbocycles. The van der Waals surface area contributed by atoms with E-state index >= 15 is 0 Å². The van der Waals surface area contributed by atoms with E-state index in [0.717, 1.165) is 11.1 Å². The van der Waals surface area contributed by atoms with Gasteiger partial charge in [0.25, 0.3) is 0 Å². The van der Waals surface area contributed by atoms with Crippen molar-refractivity contribution >= 4 is 28.9 Å². The van der Waals surface area contributed by atoms with Crippen molar-refractivity contribution in [2.24, 2.45) is 0 Å². The number of nitrogens with two attached hydrogens (primary N) is 1. The van der Waals surface area contributed by atoms with E-state index in [9.17, 15) is 4.79 Å². The van der Waals surface area contributed by atoms with Crippen LogP contribution in [0.3, 0.4) is 0 Å². The summed E-state index contributed by atoms with van der Waals surface area (Å²) in [6, 6.07) is 9.10. The van der Waals surface area contributed by atoms with Gasteiger partial charge < -0.3 is 11.1 Å². The zero-order chi connectivity index (χ0) is 15.6. The summed E-state index contributed by atoms with van der Waals surface area (Å²) in [5.41, 5.74) is 8.02. The third-order valence-electron chi connectivity index (χ3n) is 3.47. The first-order valence-electron chi connectivity index (χ1n) is 6.60. The second kappa shape index (κ2) is 5.74. The third-order valence-corrected chi connectivity index (χ3v) is 3.87. The molecule has 0 fully saturated rings. The van der Waals surface area contributed by atoms with Gasteiger partial charge >= 0.3 is 0 Å². The van der Waals surface area contributed by atoms with Crippen molar-refractivity contribution in [3.05, 3.63) is 52.8 Å². The molecule has 1 heterocycles. The van der Waals surface area contributed by atoms with Crippen molar-refractivity contribution in [1.82, 2.24) is 4.98 Å². The Morgan fingerprint density at radius 2 is 1.90 bits per heavy atom. The molecule has 0 spiro atoms. The van der Waals surface area contributed by atoms with Crippen molar-refractivity contribution in [3.8, 4) is 0 Å². The van der Waals surface area contributed by atoms with Crippen molar-refractivity contribution in [1.29, 1.82) is 0 Å². The number of rotatable bonds is 3. The van der Waals surface area contributed by atoms with Crippen LogP contribution in [-0.4, -0.2) is 10.9 Å². The van der Waals surface area contributed by atoms with E-state index in [2.05, 4.69) is 10.3 Å². The maximum absolute atomic E-state index is 12.5. The smallest absolute Gasteiger partial charge is 0.234 e. The van der Waals surface area contributed by atoms with E-state index in [1.165, 1.54) is 0 Å². The number of hydrogen-bond acceptors (Lipinski definition) is 3. The molecule has 1 amide bonds. The number of anilines is 2. The van der Waals surface area contributed by atoms with E-state index in [4.69, 9.17) is 17.3 Å². The van der Waals surface area contributed by atoms with Crippen LogP contribution in [-0.2, 0) is 10.2 Å². The maximum atomic E-state index is 12.5. The van der Waals surface area contributed by atoms with Crippen LogP contribution in [0.5, 0.6) is 0 Å².